The summed E-state index contributed by atoms with van der Waals surface area (Å²) in [5.74, 6) is -4.15. The first kappa shape index (κ1) is 21.6. The van der Waals surface area contributed by atoms with Crippen molar-refractivity contribution < 1.29 is 31.9 Å². The van der Waals surface area contributed by atoms with Crippen molar-refractivity contribution in [3.8, 4) is 0 Å². The number of rotatable bonds is 5. The van der Waals surface area contributed by atoms with Crippen LogP contribution in [0.4, 0.5) is 22.4 Å². The smallest absolute Gasteiger partial charge is 0.345 e. The van der Waals surface area contributed by atoms with E-state index in [-0.39, 0.29) is 31.5 Å². The molecule has 2 fully saturated rings. The van der Waals surface area contributed by atoms with Crippen LogP contribution in [0.2, 0.25) is 5.02 Å². The van der Waals surface area contributed by atoms with Crippen LogP contribution < -0.4 is 11.1 Å². The fourth-order valence-corrected chi connectivity index (χ4v) is 4.57. The maximum atomic E-state index is 14.9. The lowest BCUT2D eigenvalue weighted by molar-refractivity contribution is -0.196. The standard InChI is InChI=1S/C18H20ClF4N3O3/c1-18(15(27)25-4-5-26(18)17(24)28)12(8-6-9(7-8)29-16(22)23)10-2-3-11(20)13(19)14(10)21/h2-3,8-9,12,16H,4-7H2,1H3,(H2,24,28)(H,25,27)/t8?,9?,12-,18?/m1/s1. The van der Waals surface area contributed by atoms with E-state index in [0.717, 1.165) is 17.0 Å². The summed E-state index contributed by atoms with van der Waals surface area (Å²) in [5.41, 5.74) is 3.74. The molecule has 2 atom stereocenters. The van der Waals surface area contributed by atoms with E-state index in [2.05, 4.69) is 10.1 Å². The van der Waals surface area contributed by atoms with Crippen molar-refractivity contribution in [2.24, 2.45) is 11.7 Å². The van der Waals surface area contributed by atoms with E-state index in [1.807, 2.05) is 0 Å². The van der Waals surface area contributed by atoms with Gasteiger partial charge in [0.05, 0.1) is 6.10 Å². The van der Waals surface area contributed by atoms with Gasteiger partial charge in [0.25, 0.3) is 0 Å². The largest absolute Gasteiger partial charge is 0.352 e. The summed E-state index contributed by atoms with van der Waals surface area (Å²) in [4.78, 5) is 26.1. The monoisotopic (exact) mass is 437 g/mol. The molecule has 1 aliphatic heterocycles. The first-order valence-electron chi connectivity index (χ1n) is 8.99. The van der Waals surface area contributed by atoms with E-state index in [9.17, 15) is 27.2 Å². The summed E-state index contributed by atoms with van der Waals surface area (Å²) in [7, 11) is 0. The molecule has 1 saturated carbocycles. The number of alkyl halides is 2. The Labute approximate surface area is 169 Å². The minimum absolute atomic E-state index is 0.0777. The third-order valence-corrected chi connectivity index (χ3v) is 6.16. The zero-order chi connectivity index (χ0) is 21.5. The molecule has 2 aliphatic rings. The average Bonchev–Trinajstić information content (AvgIpc) is 2.61. The van der Waals surface area contributed by atoms with Crippen LogP contribution in [0, 0.1) is 17.6 Å². The highest BCUT2D eigenvalue weighted by Gasteiger charge is 2.56. The molecule has 29 heavy (non-hydrogen) atoms. The third kappa shape index (κ3) is 3.75. The van der Waals surface area contributed by atoms with Crippen molar-refractivity contribution in [2.75, 3.05) is 13.1 Å². The van der Waals surface area contributed by atoms with Gasteiger partial charge in [0, 0.05) is 19.0 Å². The van der Waals surface area contributed by atoms with Gasteiger partial charge >= 0.3 is 12.6 Å². The van der Waals surface area contributed by atoms with Gasteiger partial charge in [-0.15, -0.1) is 0 Å². The minimum Gasteiger partial charge on any atom is -0.352 e. The number of piperazine rings is 1. The van der Waals surface area contributed by atoms with E-state index in [0.29, 0.717) is 0 Å². The van der Waals surface area contributed by atoms with Gasteiger partial charge in [0.1, 0.15) is 22.2 Å². The molecule has 0 bridgehead atoms. The first-order valence-corrected chi connectivity index (χ1v) is 9.37. The van der Waals surface area contributed by atoms with Gasteiger partial charge in [-0.25, -0.2) is 13.6 Å². The highest BCUT2D eigenvalue weighted by Crippen LogP contribution is 2.50. The van der Waals surface area contributed by atoms with Crippen LogP contribution in [0.25, 0.3) is 0 Å². The van der Waals surface area contributed by atoms with Crippen LogP contribution in [0.3, 0.4) is 0 Å². The number of nitrogens with two attached hydrogens (primary N) is 1. The van der Waals surface area contributed by atoms with Crippen molar-refractivity contribution >= 4 is 23.5 Å². The molecule has 1 unspecified atom stereocenters. The molecule has 1 aromatic rings. The predicted octanol–water partition coefficient (Wildman–Crippen LogP) is 2.99. The summed E-state index contributed by atoms with van der Waals surface area (Å²) in [6, 6.07) is 1.22. The lowest BCUT2D eigenvalue weighted by Gasteiger charge is -2.52. The van der Waals surface area contributed by atoms with Crippen LogP contribution in [0.1, 0.15) is 31.2 Å². The van der Waals surface area contributed by atoms with Gasteiger partial charge in [-0.3, -0.25) is 4.79 Å². The van der Waals surface area contributed by atoms with Crippen molar-refractivity contribution in [3.05, 3.63) is 34.4 Å². The second-order valence-corrected chi connectivity index (χ2v) is 7.76. The number of carbonyl (C=O) groups excluding carboxylic acids is 2. The molecule has 3 amide bonds. The molecule has 3 rings (SSSR count). The highest BCUT2D eigenvalue weighted by molar-refractivity contribution is 6.31. The van der Waals surface area contributed by atoms with E-state index in [1.54, 1.807) is 0 Å². The van der Waals surface area contributed by atoms with E-state index >= 15 is 0 Å². The summed E-state index contributed by atoms with van der Waals surface area (Å²) in [6.45, 7) is -1.31. The average molecular weight is 438 g/mol. The minimum atomic E-state index is -2.97. The zero-order valence-corrected chi connectivity index (χ0v) is 16.2. The van der Waals surface area contributed by atoms with Gasteiger partial charge in [-0.05, 0) is 37.3 Å². The van der Waals surface area contributed by atoms with Crippen LogP contribution in [-0.2, 0) is 9.53 Å². The molecule has 1 aliphatic carbocycles. The third-order valence-electron chi connectivity index (χ3n) is 5.81. The maximum absolute atomic E-state index is 14.9. The number of urea groups is 1. The number of carbonyl (C=O) groups is 2. The zero-order valence-electron chi connectivity index (χ0n) is 15.4. The van der Waals surface area contributed by atoms with Crippen LogP contribution in [0.15, 0.2) is 12.1 Å². The Morgan fingerprint density at radius 3 is 2.62 bits per heavy atom. The number of nitrogens with one attached hydrogen (secondary N) is 1. The number of halogens is 5. The van der Waals surface area contributed by atoms with Crippen molar-refractivity contribution in [1.29, 1.82) is 0 Å². The number of benzene rings is 1. The van der Waals surface area contributed by atoms with E-state index in [1.165, 1.54) is 6.92 Å². The number of nitrogens with zero attached hydrogens (tertiary/aromatic N) is 1. The number of hydrogen-bond donors (Lipinski definition) is 2. The molecule has 0 radical (unpaired) electrons. The quantitative estimate of drug-likeness (QED) is 0.548. The molecular formula is C18H20ClF4N3O3. The number of primary amides is 1. The Hall–Kier alpha value is -2.07. The highest BCUT2D eigenvalue weighted by atomic mass is 35.5. The molecule has 1 aromatic carbocycles. The Morgan fingerprint density at radius 1 is 1.38 bits per heavy atom. The lowest BCUT2D eigenvalue weighted by Crippen LogP contribution is -2.69. The Bertz CT molecular complexity index is 822. The molecular weight excluding hydrogens is 418 g/mol. The van der Waals surface area contributed by atoms with Gasteiger partial charge in [-0.2, -0.15) is 8.78 Å². The normalized spacial score (nSPS) is 28.1. The molecule has 11 heteroatoms. The topological polar surface area (TPSA) is 84.7 Å². The van der Waals surface area contributed by atoms with E-state index < -0.39 is 58.7 Å². The Morgan fingerprint density at radius 2 is 2.03 bits per heavy atom. The maximum Gasteiger partial charge on any atom is 0.345 e. The second-order valence-electron chi connectivity index (χ2n) is 7.39. The van der Waals surface area contributed by atoms with Gasteiger partial charge in [0.2, 0.25) is 5.91 Å². The summed E-state index contributed by atoms with van der Waals surface area (Å²) >= 11 is 5.73. The molecule has 1 saturated heterocycles. The van der Waals surface area contributed by atoms with Crippen LogP contribution in [0.5, 0.6) is 0 Å². The fourth-order valence-electron chi connectivity index (χ4n) is 4.40. The molecule has 1 heterocycles. The molecule has 160 valence electrons. The van der Waals surface area contributed by atoms with E-state index in [4.69, 9.17) is 17.3 Å². The Balaban J connectivity index is 2.07. The Kier molecular flexibility index (Phi) is 5.96. The summed E-state index contributed by atoms with van der Waals surface area (Å²) in [5, 5.41) is 1.88. The number of amides is 3. The molecule has 3 N–H and O–H groups in total. The van der Waals surface area contributed by atoms with Crippen LogP contribution >= 0.6 is 11.6 Å². The van der Waals surface area contributed by atoms with Gasteiger partial charge in [0.15, 0.2) is 0 Å². The fraction of sp³-hybridized carbons (Fsp3) is 0.556. The van der Waals surface area contributed by atoms with Gasteiger partial charge in [-0.1, -0.05) is 17.7 Å². The lowest BCUT2D eigenvalue weighted by atomic mass is 9.62. The summed E-state index contributed by atoms with van der Waals surface area (Å²) in [6.07, 6.45) is -0.587. The second kappa shape index (κ2) is 7.98. The molecule has 0 spiro atoms. The SMILES string of the molecule is CC1([C@@H](c2ccc(F)c(Cl)c2F)C2CC(OC(F)F)C2)C(=O)NCCN1C(N)=O. The van der Waals surface area contributed by atoms with Crippen molar-refractivity contribution in [3.63, 3.8) is 0 Å². The molecule has 6 nitrogen and oxygen atoms in total. The number of hydrogen-bond acceptors (Lipinski definition) is 3. The van der Waals surface area contributed by atoms with Gasteiger partial charge < -0.3 is 20.7 Å². The molecule has 0 aromatic heterocycles. The summed E-state index contributed by atoms with van der Waals surface area (Å²) < 4.78 is 58.1. The van der Waals surface area contributed by atoms with Crippen molar-refractivity contribution in [2.45, 2.75) is 43.9 Å². The van der Waals surface area contributed by atoms with Crippen LogP contribution in [-0.4, -0.2) is 48.2 Å². The van der Waals surface area contributed by atoms with Crippen molar-refractivity contribution in [1.82, 2.24) is 10.2 Å². The number of ether oxygens (including phenoxy) is 1. The predicted molar refractivity (Wildman–Crippen MR) is 95.4 cm³/mol. The first-order chi connectivity index (χ1) is 13.6.